The van der Waals surface area contributed by atoms with Crippen molar-refractivity contribution in [2.45, 2.75) is 41.5 Å². The van der Waals surface area contributed by atoms with E-state index in [2.05, 4.69) is 65.8 Å². The highest BCUT2D eigenvalue weighted by molar-refractivity contribution is 7.28. The number of thiophene rings is 3. The summed E-state index contributed by atoms with van der Waals surface area (Å²) < 4.78 is 0. The Balaban J connectivity index is 2.05. The van der Waals surface area contributed by atoms with Crippen LogP contribution in [0.4, 0.5) is 0 Å². The van der Waals surface area contributed by atoms with Crippen LogP contribution in [-0.2, 0) is 0 Å². The molecule has 0 bridgehead atoms. The zero-order valence-electron chi connectivity index (χ0n) is 15.5. The number of hydrogen-bond donors (Lipinski definition) is 0. The fourth-order valence-electron chi connectivity index (χ4n) is 3.34. The van der Waals surface area contributed by atoms with Crippen LogP contribution < -0.4 is 0 Å². The molecule has 0 radical (unpaired) electrons. The van der Waals surface area contributed by atoms with Gasteiger partial charge in [0.1, 0.15) is 0 Å². The molecule has 4 aromatic rings. The van der Waals surface area contributed by atoms with Gasteiger partial charge in [-0.2, -0.15) is 0 Å². The molecule has 3 heteroatoms. The minimum absolute atomic E-state index is 1.40. The summed E-state index contributed by atoms with van der Waals surface area (Å²) in [6.07, 6.45) is 0. The van der Waals surface area contributed by atoms with Crippen molar-refractivity contribution in [3.8, 4) is 19.5 Å². The van der Waals surface area contributed by atoms with Crippen molar-refractivity contribution in [3.05, 3.63) is 56.3 Å². The van der Waals surface area contributed by atoms with Crippen molar-refractivity contribution in [1.82, 2.24) is 0 Å². The maximum Gasteiger partial charge on any atom is 0.0531 e. The number of fused-ring (bicyclic) bond motifs is 1. The molecule has 3 aromatic heterocycles. The number of aryl methyl sites for hydroxylation is 2. The summed E-state index contributed by atoms with van der Waals surface area (Å²) in [5, 5.41) is 2.80. The molecule has 0 aliphatic rings. The molecule has 128 valence electrons. The van der Waals surface area contributed by atoms with Crippen molar-refractivity contribution in [1.29, 1.82) is 0 Å². The molecule has 3 heterocycles. The van der Waals surface area contributed by atoms with Gasteiger partial charge >= 0.3 is 0 Å². The summed E-state index contributed by atoms with van der Waals surface area (Å²) in [5.74, 6) is 0. The third-order valence-corrected chi connectivity index (χ3v) is 9.57. The monoisotopic (exact) mass is 382 g/mol. The highest BCUT2D eigenvalue weighted by Gasteiger charge is 2.21. The number of rotatable bonds is 2. The van der Waals surface area contributed by atoms with E-state index in [1.807, 2.05) is 34.0 Å². The van der Waals surface area contributed by atoms with Crippen LogP contribution in [0, 0.1) is 41.5 Å². The van der Waals surface area contributed by atoms with Crippen LogP contribution in [0.5, 0.6) is 0 Å². The van der Waals surface area contributed by atoms with Crippen molar-refractivity contribution < 1.29 is 0 Å². The van der Waals surface area contributed by atoms with Crippen molar-refractivity contribution in [3.63, 3.8) is 0 Å². The predicted molar refractivity (Wildman–Crippen MR) is 117 cm³/mol. The van der Waals surface area contributed by atoms with Crippen LogP contribution in [0.1, 0.15) is 32.0 Å². The number of hydrogen-bond acceptors (Lipinski definition) is 3. The van der Waals surface area contributed by atoms with Gasteiger partial charge in [-0.1, -0.05) is 24.3 Å². The van der Waals surface area contributed by atoms with Gasteiger partial charge in [0.25, 0.3) is 0 Å². The topological polar surface area (TPSA) is 0 Å². The summed E-state index contributed by atoms with van der Waals surface area (Å²) in [5.41, 5.74) is 5.77. The molecule has 4 rings (SSSR count). The highest BCUT2D eigenvalue weighted by atomic mass is 32.1. The van der Waals surface area contributed by atoms with Crippen LogP contribution >= 0.6 is 34.0 Å². The van der Waals surface area contributed by atoms with E-state index < -0.39 is 0 Å². The Kier molecular flexibility index (Phi) is 4.14. The Morgan fingerprint density at radius 3 is 1.20 bits per heavy atom. The molecule has 0 saturated carbocycles. The van der Waals surface area contributed by atoms with Crippen LogP contribution in [-0.4, -0.2) is 0 Å². The van der Waals surface area contributed by atoms with E-state index in [4.69, 9.17) is 0 Å². The molecule has 0 aliphatic carbocycles. The molecule has 0 N–H and O–H groups in total. The molecular formula is C22H22S3. The van der Waals surface area contributed by atoms with E-state index >= 15 is 0 Å². The molecule has 0 aliphatic heterocycles. The molecule has 0 fully saturated rings. The molecular weight excluding hydrogens is 360 g/mol. The summed E-state index contributed by atoms with van der Waals surface area (Å²) in [4.78, 5) is 8.64. The normalized spacial score (nSPS) is 11.6. The highest BCUT2D eigenvalue weighted by Crippen LogP contribution is 2.50. The Labute approximate surface area is 161 Å². The molecule has 0 saturated heterocycles. The summed E-state index contributed by atoms with van der Waals surface area (Å²) in [6.45, 7) is 13.5. The lowest BCUT2D eigenvalue weighted by molar-refractivity contribution is 1.35. The van der Waals surface area contributed by atoms with E-state index in [9.17, 15) is 0 Å². The maximum absolute atomic E-state index is 2.29. The van der Waals surface area contributed by atoms with Crippen molar-refractivity contribution in [2.75, 3.05) is 0 Å². The number of benzene rings is 1. The van der Waals surface area contributed by atoms with E-state index in [0.29, 0.717) is 0 Å². The van der Waals surface area contributed by atoms with Crippen molar-refractivity contribution >= 4 is 44.8 Å². The molecule has 0 atom stereocenters. The lowest BCUT2D eigenvalue weighted by Gasteiger charge is -1.98. The van der Waals surface area contributed by atoms with Gasteiger partial charge in [0.05, 0.1) is 9.75 Å². The van der Waals surface area contributed by atoms with Gasteiger partial charge in [-0.25, -0.2) is 0 Å². The first-order valence-corrected chi connectivity index (χ1v) is 11.0. The Morgan fingerprint density at radius 1 is 0.480 bits per heavy atom. The Bertz CT molecular complexity index is 1020. The van der Waals surface area contributed by atoms with Gasteiger partial charge < -0.3 is 0 Å². The zero-order valence-corrected chi connectivity index (χ0v) is 18.0. The second-order valence-electron chi connectivity index (χ2n) is 6.78. The Hall–Kier alpha value is -1.42. The predicted octanol–water partition coefficient (Wildman–Crippen LogP) is 8.21. The first kappa shape index (κ1) is 17.0. The van der Waals surface area contributed by atoms with Crippen LogP contribution in [0.15, 0.2) is 24.3 Å². The molecule has 0 spiro atoms. The molecule has 25 heavy (non-hydrogen) atoms. The first-order chi connectivity index (χ1) is 11.9. The van der Waals surface area contributed by atoms with E-state index in [-0.39, 0.29) is 0 Å². The third kappa shape index (κ3) is 2.52. The quantitative estimate of drug-likeness (QED) is 0.327. The van der Waals surface area contributed by atoms with E-state index in [1.54, 1.807) is 0 Å². The SMILES string of the molecule is Cc1sc(-c2sc(-c3sc(C)c(C)c3C)c3ccccc23)c(C)c1C. The van der Waals surface area contributed by atoms with E-state index in [0.717, 1.165) is 0 Å². The lowest BCUT2D eigenvalue weighted by Crippen LogP contribution is -1.76. The maximum atomic E-state index is 2.29. The summed E-state index contributed by atoms with van der Waals surface area (Å²) in [7, 11) is 0. The van der Waals surface area contributed by atoms with Crippen LogP contribution in [0.3, 0.4) is 0 Å². The average Bonchev–Trinajstić information content (AvgIpc) is 3.19. The van der Waals surface area contributed by atoms with Gasteiger partial charge in [0.15, 0.2) is 0 Å². The molecule has 0 unspecified atom stereocenters. The van der Waals surface area contributed by atoms with Gasteiger partial charge in [0, 0.05) is 30.3 Å². The average molecular weight is 383 g/mol. The first-order valence-electron chi connectivity index (χ1n) is 8.55. The summed E-state index contributed by atoms with van der Waals surface area (Å²) >= 11 is 5.86. The molecule has 0 amide bonds. The standard InChI is InChI=1S/C22H22S3/c1-11-13(3)19(23-15(11)5)21-17-9-7-8-10-18(17)22(25-21)20-14(4)12(2)16(6)24-20/h7-10H,1-6H3. The minimum atomic E-state index is 1.40. The lowest BCUT2D eigenvalue weighted by atomic mass is 10.1. The molecule has 0 nitrogen and oxygen atoms in total. The van der Waals surface area contributed by atoms with E-state index in [1.165, 1.54) is 62.3 Å². The fourth-order valence-corrected chi connectivity index (χ4v) is 7.36. The third-order valence-electron chi connectivity index (χ3n) is 5.41. The minimum Gasteiger partial charge on any atom is -0.139 e. The zero-order chi connectivity index (χ0) is 17.9. The smallest absolute Gasteiger partial charge is 0.0531 e. The van der Waals surface area contributed by atoms with Gasteiger partial charge in [-0.05, 0) is 63.8 Å². The second-order valence-corrected chi connectivity index (χ2v) is 10.3. The summed E-state index contributed by atoms with van der Waals surface area (Å²) in [6, 6.07) is 8.92. The van der Waals surface area contributed by atoms with Gasteiger partial charge in [-0.15, -0.1) is 34.0 Å². The van der Waals surface area contributed by atoms with Gasteiger partial charge in [-0.3, -0.25) is 0 Å². The van der Waals surface area contributed by atoms with Crippen LogP contribution in [0.25, 0.3) is 30.3 Å². The Morgan fingerprint density at radius 2 is 0.880 bits per heavy atom. The van der Waals surface area contributed by atoms with Gasteiger partial charge in [0.2, 0.25) is 0 Å². The van der Waals surface area contributed by atoms with Crippen molar-refractivity contribution in [2.24, 2.45) is 0 Å². The fraction of sp³-hybridized carbons (Fsp3) is 0.273. The second kappa shape index (κ2) is 6.08. The largest absolute Gasteiger partial charge is 0.139 e. The molecule has 1 aromatic carbocycles. The van der Waals surface area contributed by atoms with Crippen LogP contribution in [0.2, 0.25) is 0 Å².